The van der Waals surface area contributed by atoms with E-state index in [1.807, 2.05) is 0 Å². The first-order valence-corrected chi connectivity index (χ1v) is 12.7. The minimum Gasteiger partial charge on any atom is -0.356 e. The SMILES string of the molecule is C1=C[C@@H]2C3CCCC=C3C3C=CC(CC3)N3C4=CC(Nc5ccccc5)=CCC4C2C3=C1. The summed E-state index contributed by atoms with van der Waals surface area (Å²) in [5.74, 6) is 3.26. The van der Waals surface area contributed by atoms with Gasteiger partial charge in [0.1, 0.15) is 0 Å². The molecule has 1 N–H and O–H groups in total. The van der Waals surface area contributed by atoms with Crippen LogP contribution in [0, 0.1) is 29.6 Å². The summed E-state index contributed by atoms with van der Waals surface area (Å²) in [6.45, 7) is 0. The van der Waals surface area contributed by atoms with Crippen LogP contribution in [0.3, 0.4) is 0 Å². The molecule has 3 aliphatic heterocycles. The van der Waals surface area contributed by atoms with Crippen molar-refractivity contribution in [2.24, 2.45) is 29.6 Å². The second kappa shape index (κ2) is 7.40. The number of hydrogen-bond acceptors (Lipinski definition) is 2. The number of nitrogens with zero attached hydrogens (tertiary/aromatic N) is 1. The first-order chi connectivity index (χ1) is 15.9. The highest BCUT2D eigenvalue weighted by atomic mass is 15.2. The molecule has 6 atom stereocenters. The molecule has 2 fully saturated rings. The van der Waals surface area contributed by atoms with Gasteiger partial charge in [0.2, 0.25) is 0 Å². The van der Waals surface area contributed by atoms with Crippen LogP contribution in [0.4, 0.5) is 5.69 Å². The van der Waals surface area contributed by atoms with Gasteiger partial charge in [-0.1, -0.05) is 60.2 Å². The van der Waals surface area contributed by atoms with Crippen LogP contribution in [0.5, 0.6) is 0 Å². The zero-order valence-corrected chi connectivity index (χ0v) is 18.7. The topological polar surface area (TPSA) is 15.3 Å². The fourth-order valence-corrected chi connectivity index (χ4v) is 7.46. The van der Waals surface area contributed by atoms with Crippen molar-refractivity contribution in [3.63, 3.8) is 0 Å². The maximum atomic E-state index is 3.67. The average molecular weight is 421 g/mol. The van der Waals surface area contributed by atoms with Gasteiger partial charge in [0.05, 0.1) is 6.04 Å². The minimum atomic E-state index is 0.500. The molecule has 4 aliphatic carbocycles. The Balaban J connectivity index is 1.33. The van der Waals surface area contributed by atoms with E-state index in [-0.39, 0.29) is 0 Å². The van der Waals surface area contributed by atoms with Crippen LogP contribution >= 0.6 is 0 Å². The van der Waals surface area contributed by atoms with Crippen molar-refractivity contribution in [1.82, 2.24) is 4.90 Å². The summed E-state index contributed by atoms with van der Waals surface area (Å²) in [6, 6.07) is 11.1. The largest absolute Gasteiger partial charge is 0.356 e. The number of hydrogen-bond donors (Lipinski definition) is 1. The predicted octanol–water partition coefficient (Wildman–Crippen LogP) is 6.96. The maximum Gasteiger partial charge on any atom is 0.0516 e. The maximum absolute atomic E-state index is 3.67. The van der Waals surface area contributed by atoms with E-state index in [1.165, 1.54) is 43.5 Å². The van der Waals surface area contributed by atoms with Crippen molar-refractivity contribution in [1.29, 1.82) is 0 Å². The van der Waals surface area contributed by atoms with E-state index in [0.29, 0.717) is 35.6 Å². The van der Waals surface area contributed by atoms with E-state index in [9.17, 15) is 0 Å². The molecule has 1 aromatic carbocycles. The van der Waals surface area contributed by atoms with Crippen LogP contribution < -0.4 is 5.32 Å². The summed E-state index contributed by atoms with van der Waals surface area (Å²) < 4.78 is 0. The van der Waals surface area contributed by atoms with Gasteiger partial charge in [0, 0.05) is 34.6 Å². The van der Waals surface area contributed by atoms with E-state index in [0.717, 1.165) is 6.42 Å². The molecule has 2 nitrogen and oxygen atoms in total. The molecule has 32 heavy (non-hydrogen) atoms. The zero-order chi connectivity index (χ0) is 21.1. The summed E-state index contributed by atoms with van der Waals surface area (Å²) in [7, 11) is 0. The molecule has 0 saturated carbocycles. The van der Waals surface area contributed by atoms with Crippen molar-refractivity contribution >= 4 is 5.69 Å². The Morgan fingerprint density at radius 1 is 0.875 bits per heavy atom. The Bertz CT molecular complexity index is 1100. The Morgan fingerprint density at radius 2 is 1.81 bits per heavy atom. The lowest BCUT2D eigenvalue weighted by Crippen LogP contribution is -2.37. The van der Waals surface area contributed by atoms with Crippen LogP contribution in [-0.4, -0.2) is 10.9 Å². The van der Waals surface area contributed by atoms with Crippen molar-refractivity contribution in [3.8, 4) is 0 Å². The number of fused-ring (bicyclic) bond motifs is 2. The number of allylic oxidation sites excluding steroid dienone is 10. The monoisotopic (exact) mass is 420 g/mol. The lowest BCUT2D eigenvalue weighted by Gasteiger charge is -2.43. The Morgan fingerprint density at radius 3 is 2.69 bits per heavy atom. The predicted molar refractivity (Wildman–Crippen MR) is 131 cm³/mol. The van der Waals surface area contributed by atoms with E-state index in [4.69, 9.17) is 0 Å². The molecule has 0 spiro atoms. The summed E-state index contributed by atoms with van der Waals surface area (Å²) in [5.41, 5.74) is 7.33. The van der Waals surface area contributed by atoms with E-state index in [2.05, 4.69) is 89.2 Å². The van der Waals surface area contributed by atoms with Gasteiger partial charge >= 0.3 is 0 Å². The molecule has 0 radical (unpaired) electrons. The van der Waals surface area contributed by atoms with E-state index in [1.54, 1.807) is 17.0 Å². The molecule has 7 aliphatic rings. The van der Waals surface area contributed by atoms with Gasteiger partial charge in [0.15, 0.2) is 0 Å². The smallest absolute Gasteiger partial charge is 0.0516 e. The second-order valence-electron chi connectivity index (χ2n) is 10.4. The Labute approximate surface area is 191 Å². The third-order valence-corrected chi connectivity index (χ3v) is 8.77. The minimum absolute atomic E-state index is 0.500. The molecule has 5 unspecified atom stereocenters. The molecule has 0 amide bonds. The quantitative estimate of drug-likeness (QED) is 0.520. The zero-order valence-electron chi connectivity index (χ0n) is 18.7. The molecule has 2 heteroatoms. The van der Waals surface area contributed by atoms with Gasteiger partial charge in [-0.15, -0.1) is 0 Å². The molecule has 0 aromatic heterocycles. The standard InChI is InChI=1S/C30H32N2/c1-2-7-21(8-3-1)31-22-15-18-27-29(19-22)32-23-16-13-20(14-17-23)24-9-4-5-10-25(24)26-11-6-12-28(32)30(26)27/h1-3,6-9,11-13,15-16,19-20,23,25-27,30-31H,4-5,10,14,17-18H2/t20?,23?,25?,26-,27?,30?/m1/s1. The average Bonchev–Trinajstić information content (AvgIpc) is 3.17. The highest BCUT2D eigenvalue weighted by Crippen LogP contribution is 2.57. The second-order valence-corrected chi connectivity index (χ2v) is 10.4. The van der Waals surface area contributed by atoms with Gasteiger partial charge in [-0.05, 0) is 80.6 Å². The molecular formula is C30H32N2. The van der Waals surface area contributed by atoms with Gasteiger partial charge < -0.3 is 10.2 Å². The lowest BCUT2D eigenvalue weighted by molar-refractivity contribution is 0.242. The number of para-hydroxylation sites is 1. The Kier molecular flexibility index (Phi) is 4.35. The molecule has 1 aromatic rings. The van der Waals surface area contributed by atoms with Crippen LogP contribution in [0.2, 0.25) is 0 Å². The fraction of sp³-hybridized carbons (Fsp3) is 0.400. The highest BCUT2D eigenvalue weighted by Gasteiger charge is 2.51. The van der Waals surface area contributed by atoms with Gasteiger partial charge in [-0.2, -0.15) is 0 Å². The van der Waals surface area contributed by atoms with E-state index < -0.39 is 0 Å². The van der Waals surface area contributed by atoms with Gasteiger partial charge in [-0.3, -0.25) is 0 Å². The summed E-state index contributed by atoms with van der Waals surface area (Å²) in [4.78, 5) is 2.75. The van der Waals surface area contributed by atoms with Crippen LogP contribution in [0.1, 0.15) is 38.5 Å². The number of benzene rings is 1. The first kappa shape index (κ1) is 18.8. The normalized spacial score (nSPS) is 36.4. The van der Waals surface area contributed by atoms with Crippen molar-refractivity contribution in [2.75, 3.05) is 5.32 Å². The molecule has 6 bridgehead atoms. The van der Waals surface area contributed by atoms with Crippen LogP contribution in [0.15, 0.2) is 102 Å². The molecule has 162 valence electrons. The summed E-state index contributed by atoms with van der Waals surface area (Å²) in [5, 5.41) is 3.67. The number of anilines is 1. The van der Waals surface area contributed by atoms with Crippen molar-refractivity contribution in [2.45, 2.75) is 44.6 Å². The van der Waals surface area contributed by atoms with Crippen molar-refractivity contribution in [3.05, 3.63) is 102 Å². The number of rotatable bonds is 2. The summed E-state index contributed by atoms with van der Waals surface area (Å²) in [6.07, 6.45) is 27.7. The first-order valence-electron chi connectivity index (χ1n) is 12.7. The molecule has 8 rings (SSSR count). The van der Waals surface area contributed by atoms with Crippen LogP contribution in [-0.2, 0) is 0 Å². The third-order valence-electron chi connectivity index (χ3n) is 8.77. The summed E-state index contributed by atoms with van der Waals surface area (Å²) >= 11 is 0. The number of nitrogens with one attached hydrogen (secondary N) is 1. The van der Waals surface area contributed by atoms with Gasteiger partial charge in [-0.25, -0.2) is 0 Å². The van der Waals surface area contributed by atoms with Crippen molar-refractivity contribution < 1.29 is 0 Å². The molecule has 2 saturated heterocycles. The molecular weight excluding hydrogens is 388 g/mol. The highest BCUT2D eigenvalue weighted by molar-refractivity contribution is 5.54. The third kappa shape index (κ3) is 2.85. The fourth-order valence-electron chi connectivity index (χ4n) is 7.46. The van der Waals surface area contributed by atoms with Crippen LogP contribution in [0.25, 0.3) is 0 Å². The van der Waals surface area contributed by atoms with E-state index >= 15 is 0 Å². The van der Waals surface area contributed by atoms with Gasteiger partial charge in [0.25, 0.3) is 0 Å². The lowest BCUT2D eigenvalue weighted by atomic mass is 9.63. The Hall–Kier alpha value is -2.74. The molecule has 3 heterocycles.